The van der Waals surface area contributed by atoms with Gasteiger partial charge in [0.25, 0.3) is 0 Å². The molecule has 1 aliphatic rings. The van der Waals surface area contributed by atoms with Crippen LogP contribution in [0.15, 0.2) is 23.5 Å². The first-order chi connectivity index (χ1) is 4.86. The Morgan fingerprint density at radius 3 is 2.90 bits per heavy atom. The molecule has 0 aromatic rings. The summed E-state index contributed by atoms with van der Waals surface area (Å²) >= 11 is 0. The summed E-state index contributed by atoms with van der Waals surface area (Å²) in [5, 5.41) is 8.58. The molecule has 0 atom stereocenters. The second-order valence-electron chi connectivity index (χ2n) is 2.39. The first-order valence-electron chi connectivity index (χ1n) is 3.36. The molecule has 2 heteroatoms. The Morgan fingerprint density at radius 1 is 1.50 bits per heavy atom. The minimum absolute atomic E-state index is 0.784. The smallest absolute Gasteiger partial charge is 0.146 e. The van der Waals surface area contributed by atoms with E-state index in [0.717, 1.165) is 43.0 Å². The van der Waals surface area contributed by atoms with Gasteiger partial charge in [-0.15, -0.1) is 0 Å². The van der Waals surface area contributed by atoms with Gasteiger partial charge in [0, 0.05) is 0 Å². The van der Waals surface area contributed by atoms with Crippen molar-refractivity contribution in [2.75, 3.05) is 0 Å². The molecule has 0 saturated heterocycles. The van der Waals surface area contributed by atoms with Gasteiger partial charge in [-0.2, -0.15) is 0 Å². The molecule has 10 heavy (non-hydrogen) atoms. The monoisotopic (exact) mass is 138 g/mol. The third-order valence-corrected chi connectivity index (χ3v) is 1.62. The van der Waals surface area contributed by atoms with Crippen LogP contribution in [-0.4, -0.2) is 11.4 Å². The summed E-state index contributed by atoms with van der Waals surface area (Å²) in [6.07, 6.45) is 6.37. The SMILES string of the molecule is O=CC1=CC(=CO)CCC1. The molecule has 0 aliphatic heterocycles. The molecule has 0 saturated carbocycles. The normalized spacial score (nSPS) is 22.4. The van der Waals surface area contributed by atoms with Crippen molar-refractivity contribution in [3.63, 3.8) is 0 Å². The van der Waals surface area contributed by atoms with Crippen LogP contribution in [0.4, 0.5) is 0 Å². The van der Waals surface area contributed by atoms with Crippen LogP contribution in [0, 0.1) is 0 Å². The van der Waals surface area contributed by atoms with Gasteiger partial charge in [-0.3, -0.25) is 4.79 Å². The highest BCUT2D eigenvalue weighted by atomic mass is 16.2. The zero-order valence-corrected chi connectivity index (χ0v) is 5.71. The Morgan fingerprint density at radius 2 is 2.30 bits per heavy atom. The molecule has 0 fully saturated rings. The summed E-state index contributed by atoms with van der Waals surface area (Å²) in [7, 11) is 0. The average molecular weight is 138 g/mol. The van der Waals surface area contributed by atoms with E-state index in [4.69, 9.17) is 5.11 Å². The standard InChI is InChI=1S/C8H10O2/c9-5-7-2-1-3-8(4-7)6-10/h4-6,9H,1-3H2. The van der Waals surface area contributed by atoms with Crippen LogP contribution in [-0.2, 0) is 4.79 Å². The number of carbonyl (C=O) groups is 1. The predicted octanol–water partition coefficient (Wildman–Crippen LogP) is 1.74. The Hall–Kier alpha value is -1.05. The Bertz CT molecular complexity index is 189. The topological polar surface area (TPSA) is 37.3 Å². The van der Waals surface area contributed by atoms with Crippen LogP contribution in [0.3, 0.4) is 0 Å². The van der Waals surface area contributed by atoms with Gasteiger partial charge in [0.2, 0.25) is 0 Å². The number of allylic oxidation sites excluding steroid dienone is 3. The van der Waals surface area contributed by atoms with Crippen molar-refractivity contribution in [1.82, 2.24) is 0 Å². The summed E-state index contributed by atoms with van der Waals surface area (Å²) in [5.41, 5.74) is 1.64. The first-order valence-corrected chi connectivity index (χ1v) is 3.36. The number of hydrogen-bond donors (Lipinski definition) is 1. The molecule has 1 N–H and O–H groups in total. The zero-order valence-electron chi connectivity index (χ0n) is 5.71. The van der Waals surface area contributed by atoms with Gasteiger partial charge in [0.1, 0.15) is 6.29 Å². The van der Waals surface area contributed by atoms with Gasteiger partial charge in [-0.25, -0.2) is 0 Å². The van der Waals surface area contributed by atoms with Crippen LogP contribution < -0.4 is 0 Å². The van der Waals surface area contributed by atoms with Crippen molar-refractivity contribution in [3.8, 4) is 0 Å². The molecule has 0 spiro atoms. The van der Waals surface area contributed by atoms with Gasteiger partial charge in [0.15, 0.2) is 0 Å². The number of carbonyl (C=O) groups excluding carboxylic acids is 1. The second-order valence-corrected chi connectivity index (χ2v) is 2.39. The predicted molar refractivity (Wildman–Crippen MR) is 38.7 cm³/mol. The Labute approximate surface area is 59.9 Å². The number of rotatable bonds is 1. The fourth-order valence-electron chi connectivity index (χ4n) is 1.07. The summed E-state index contributed by atoms with van der Waals surface area (Å²) in [5.74, 6) is 0. The van der Waals surface area contributed by atoms with Crippen molar-refractivity contribution >= 4 is 6.29 Å². The molecule has 0 unspecified atom stereocenters. The fraction of sp³-hybridized carbons (Fsp3) is 0.375. The van der Waals surface area contributed by atoms with E-state index in [0.29, 0.717) is 0 Å². The zero-order chi connectivity index (χ0) is 7.40. The van der Waals surface area contributed by atoms with E-state index in [1.54, 1.807) is 6.08 Å². The van der Waals surface area contributed by atoms with E-state index in [1.165, 1.54) is 0 Å². The molecule has 0 bridgehead atoms. The summed E-state index contributed by atoms with van der Waals surface area (Å²) < 4.78 is 0. The van der Waals surface area contributed by atoms with Crippen molar-refractivity contribution in [2.45, 2.75) is 19.3 Å². The molecule has 0 heterocycles. The highest BCUT2D eigenvalue weighted by molar-refractivity contribution is 5.74. The molecule has 1 rings (SSSR count). The maximum atomic E-state index is 10.2. The van der Waals surface area contributed by atoms with E-state index in [2.05, 4.69) is 0 Å². The molecule has 0 aromatic heterocycles. The van der Waals surface area contributed by atoms with Crippen molar-refractivity contribution in [2.24, 2.45) is 0 Å². The van der Waals surface area contributed by atoms with Crippen molar-refractivity contribution < 1.29 is 9.90 Å². The van der Waals surface area contributed by atoms with Gasteiger partial charge in [-0.05, 0) is 36.5 Å². The molecular formula is C8H10O2. The van der Waals surface area contributed by atoms with Crippen LogP contribution in [0.2, 0.25) is 0 Å². The highest BCUT2D eigenvalue weighted by Gasteiger charge is 2.05. The van der Waals surface area contributed by atoms with Crippen LogP contribution in [0.25, 0.3) is 0 Å². The first kappa shape index (κ1) is 7.06. The lowest BCUT2D eigenvalue weighted by atomic mass is 9.97. The van der Waals surface area contributed by atoms with E-state index >= 15 is 0 Å². The lowest BCUT2D eigenvalue weighted by molar-refractivity contribution is -0.105. The highest BCUT2D eigenvalue weighted by Crippen LogP contribution is 2.19. The second kappa shape index (κ2) is 3.20. The van der Waals surface area contributed by atoms with Crippen LogP contribution >= 0.6 is 0 Å². The largest absolute Gasteiger partial charge is 0.515 e. The van der Waals surface area contributed by atoms with E-state index in [1.807, 2.05) is 0 Å². The minimum atomic E-state index is 0.784. The Kier molecular flexibility index (Phi) is 2.26. The van der Waals surface area contributed by atoms with E-state index in [-0.39, 0.29) is 0 Å². The van der Waals surface area contributed by atoms with Gasteiger partial charge < -0.3 is 5.11 Å². The van der Waals surface area contributed by atoms with Crippen LogP contribution in [0.5, 0.6) is 0 Å². The summed E-state index contributed by atoms with van der Waals surface area (Å²) in [6, 6.07) is 0. The summed E-state index contributed by atoms with van der Waals surface area (Å²) in [6.45, 7) is 0. The summed E-state index contributed by atoms with van der Waals surface area (Å²) in [4.78, 5) is 10.2. The number of aliphatic hydroxyl groups excluding tert-OH is 1. The molecule has 2 nitrogen and oxygen atoms in total. The number of aldehydes is 1. The lowest BCUT2D eigenvalue weighted by Gasteiger charge is -2.08. The maximum absolute atomic E-state index is 10.2. The van der Waals surface area contributed by atoms with Gasteiger partial charge in [0.05, 0.1) is 6.26 Å². The third kappa shape index (κ3) is 1.47. The van der Waals surface area contributed by atoms with E-state index < -0.39 is 0 Å². The molecule has 0 radical (unpaired) electrons. The van der Waals surface area contributed by atoms with Gasteiger partial charge >= 0.3 is 0 Å². The lowest BCUT2D eigenvalue weighted by Crippen LogP contribution is -1.95. The average Bonchev–Trinajstić information content (AvgIpc) is 2.05. The number of hydrogen-bond acceptors (Lipinski definition) is 2. The molecule has 0 amide bonds. The van der Waals surface area contributed by atoms with Gasteiger partial charge in [-0.1, -0.05) is 0 Å². The van der Waals surface area contributed by atoms with Crippen molar-refractivity contribution in [1.29, 1.82) is 0 Å². The van der Waals surface area contributed by atoms with Crippen molar-refractivity contribution in [3.05, 3.63) is 23.5 Å². The van der Waals surface area contributed by atoms with E-state index in [9.17, 15) is 4.79 Å². The molecule has 0 aromatic carbocycles. The molecule has 54 valence electrons. The maximum Gasteiger partial charge on any atom is 0.146 e. The minimum Gasteiger partial charge on any atom is -0.515 e. The third-order valence-electron chi connectivity index (χ3n) is 1.62. The molecule has 1 aliphatic carbocycles. The fourth-order valence-corrected chi connectivity index (χ4v) is 1.07. The molecular weight excluding hydrogens is 128 g/mol. The quantitative estimate of drug-likeness (QED) is 0.442. The van der Waals surface area contributed by atoms with Crippen LogP contribution in [0.1, 0.15) is 19.3 Å². The number of aliphatic hydroxyl groups is 1. The Balaban J connectivity index is 2.75.